The zero-order valence-electron chi connectivity index (χ0n) is 17.3. The third kappa shape index (κ3) is 3.79. The maximum absolute atomic E-state index is 12.8. The van der Waals surface area contributed by atoms with E-state index in [4.69, 9.17) is 14.2 Å². The van der Waals surface area contributed by atoms with Crippen molar-refractivity contribution in [3.63, 3.8) is 0 Å². The van der Waals surface area contributed by atoms with E-state index in [9.17, 15) is 13.2 Å². The van der Waals surface area contributed by atoms with Crippen molar-refractivity contribution in [2.75, 3.05) is 40.7 Å². The molecule has 0 atom stereocenters. The molecule has 0 radical (unpaired) electrons. The Balaban J connectivity index is 1.99. The molecular weight excluding hydrogens is 410 g/mol. The van der Waals surface area contributed by atoms with Crippen molar-refractivity contribution in [3.8, 4) is 17.2 Å². The van der Waals surface area contributed by atoms with Gasteiger partial charge in [0.25, 0.3) is 5.91 Å². The van der Waals surface area contributed by atoms with Gasteiger partial charge in [-0.2, -0.15) is 0 Å². The average molecular weight is 433 g/mol. The average Bonchev–Trinajstić information content (AvgIpc) is 3.18. The van der Waals surface area contributed by atoms with Crippen LogP contribution in [0.1, 0.15) is 10.5 Å². The first-order valence-corrected chi connectivity index (χ1v) is 10.3. The number of hydrogen-bond acceptors (Lipinski definition) is 6. The molecule has 0 spiro atoms. The molecule has 9 nitrogen and oxygen atoms in total. The van der Waals surface area contributed by atoms with Gasteiger partial charge in [0.05, 0.1) is 31.7 Å². The van der Waals surface area contributed by atoms with Crippen LogP contribution in [0.2, 0.25) is 0 Å². The number of carbonyl (C=O) groups excluding carboxylic acids is 1. The maximum Gasteiger partial charge on any atom is 0.272 e. The number of ether oxygens (including phenoxy) is 3. The molecule has 0 bridgehead atoms. The normalized spacial score (nSPS) is 11.5. The molecule has 0 saturated heterocycles. The molecule has 0 saturated carbocycles. The van der Waals surface area contributed by atoms with Crippen LogP contribution >= 0.6 is 0 Å². The fraction of sp³-hybridized carbons (Fsp3) is 0.250. The minimum Gasteiger partial charge on any atom is -0.496 e. The number of sulfonamides is 1. The number of hydrogen-bond donors (Lipinski definition) is 2. The lowest BCUT2D eigenvalue weighted by Crippen LogP contribution is -2.22. The van der Waals surface area contributed by atoms with E-state index >= 15 is 0 Å². The Kier molecular flexibility index (Phi) is 5.90. The van der Waals surface area contributed by atoms with Crippen molar-refractivity contribution in [2.45, 2.75) is 4.90 Å². The van der Waals surface area contributed by atoms with E-state index in [1.165, 1.54) is 47.6 Å². The minimum atomic E-state index is -3.62. The van der Waals surface area contributed by atoms with Gasteiger partial charge >= 0.3 is 0 Å². The summed E-state index contributed by atoms with van der Waals surface area (Å²) in [5.41, 5.74) is 1.14. The van der Waals surface area contributed by atoms with E-state index in [-0.39, 0.29) is 10.6 Å². The van der Waals surface area contributed by atoms with Crippen LogP contribution in [0.5, 0.6) is 17.2 Å². The number of fused-ring (bicyclic) bond motifs is 1. The Morgan fingerprint density at radius 1 is 1.00 bits per heavy atom. The van der Waals surface area contributed by atoms with Gasteiger partial charge in [-0.25, -0.2) is 12.7 Å². The number of amides is 1. The number of nitrogens with one attached hydrogen (secondary N) is 2. The highest BCUT2D eigenvalue weighted by Crippen LogP contribution is 2.41. The number of rotatable bonds is 7. The number of benzene rings is 2. The Bertz CT molecular complexity index is 1200. The van der Waals surface area contributed by atoms with E-state index in [0.29, 0.717) is 33.8 Å². The number of methoxy groups -OCH3 is 3. The van der Waals surface area contributed by atoms with Crippen molar-refractivity contribution in [2.24, 2.45) is 0 Å². The Morgan fingerprint density at radius 3 is 2.30 bits per heavy atom. The molecular formula is C20H23N3O6S. The quantitative estimate of drug-likeness (QED) is 0.593. The molecule has 10 heteroatoms. The largest absolute Gasteiger partial charge is 0.496 e. The number of nitrogens with zero attached hydrogens (tertiary/aromatic N) is 1. The van der Waals surface area contributed by atoms with Crippen LogP contribution < -0.4 is 19.5 Å². The lowest BCUT2D eigenvalue weighted by Gasteiger charge is -2.12. The lowest BCUT2D eigenvalue weighted by molar-refractivity contribution is 0.102. The topological polar surface area (TPSA) is 110 Å². The summed E-state index contributed by atoms with van der Waals surface area (Å²) < 4.78 is 41.9. The number of carbonyl (C=O) groups is 1. The highest BCUT2D eigenvalue weighted by atomic mass is 32.2. The standard InChI is InChI=1S/C20H23N3O6S/c1-23(2)30(25,26)13-8-6-7-12(9-13)21-20(24)15-10-14-16(27-3)11-17(28-4)19(29-5)18(14)22-15/h6-11,22H,1-5H3,(H,21,24). The van der Waals surface area contributed by atoms with Gasteiger partial charge < -0.3 is 24.5 Å². The molecule has 0 aliphatic carbocycles. The van der Waals surface area contributed by atoms with E-state index in [1.54, 1.807) is 24.3 Å². The predicted molar refractivity (Wildman–Crippen MR) is 113 cm³/mol. The molecule has 3 aromatic rings. The van der Waals surface area contributed by atoms with Crippen LogP contribution in [-0.4, -0.2) is 59.0 Å². The van der Waals surface area contributed by atoms with E-state index in [2.05, 4.69) is 10.3 Å². The molecule has 1 aromatic heterocycles. The van der Waals surface area contributed by atoms with Crippen LogP contribution in [0, 0.1) is 0 Å². The second-order valence-electron chi connectivity index (χ2n) is 6.56. The third-order valence-electron chi connectivity index (χ3n) is 4.56. The highest BCUT2D eigenvalue weighted by Gasteiger charge is 2.21. The van der Waals surface area contributed by atoms with Crippen molar-refractivity contribution in [3.05, 3.63) is 42.1 Å². The molecule has 2 N–H and O–H groups in total. The van der Waals surface area contributed by atoms with Crippen molar-refractivity contribution >= 4 is 32.5 Å². The monoisotopic (exact) mass is 433 g/mol. The molecule has 1 amide bonds. The van der Waals surface area contributed by atoms with Crippen LogP contribution in [0.15, 0.2) is 41.3 Å². The zero-order chi connectivity index (χ0) is 22.1. The lowest BCUT2D eigenvalue weighted by atomic mass is 10.2. The van der Waals surface area contributed by atoms with E-state index in [1.807, 2.05) is 0 Å². The third-order valence-corrected chi connectivity index (χ3v) is 6.37. The summed E-state index contributed by atoms with van der Waals surface area (Å²) in [5, 5.41) is 3.35. The first kappa shape index (κ1) is 21.5. The summed E-state index contributed by atoms with van der Waals surface area (Å²) in [5.74, 6) is 0.953. The molecule has 3 rings (SSSR count). The zero-order valence-corrected chi connectivity index (χ0v) is 18.1. The van der Waals surface area contributed by atoms with E-state index < -0.39 is 15.9 Å². The van der Waals surface area contributed by atoms with Gasteiger partial charge in [0.15, 0.2) is 11.5 Å². The molecule has 0 aliphatic rings. The first-order valence-electron chi connectivity index (χ1n) is 8.88. The van der Waals surface area contributed by atoms with Gasteiger partial charge in [-0.05, 0) is 24.3 Å². The summed E-state index contributed by atoms with van der Waals surface area (Å²) >= 11 is 0. The van der Waals surface area contributed by atoms with Crippen molar-refractivity contribution < 1.29 is 27.4 Å². The van der Waals surface area contributed by atoms with E-state index in [0.717, 1.165) is 4.31 Å². The summed E-state index contributed by atoms with van der Waals surface area (Å²) in [6.07, 6.45) is 0. The van der Waals surface area contributed by atoms with Crippen LogP contribution in [0.3, 0.4) is 0 Å². The Morgan fingerprint density at radius 2 is 1.70 bits per heavy atom. The number of H-pyrrole nitrogens is 1. The SMILES string of the molecule is COc1cc(OC)c2cc(C(=O)Nc3cccc(S(=O)(=O)N(C)C)c3)[nH]c2c1OC. The van der Waals surface area contributed by atoms with Gasteiger partial charge in [-0.3, -0.25) is 4.79 Å². The Labute approximate surface area is 174 Å². The number of aromatic amines is 1. The molecule has 0 fully saturated rings. The van der Waals surface area contributed by atoms with Gasteiger partial charge in [-0.1, -0.05) is 6.07 Å². The molecule has 0 unspecified atom stereocenters. The summed E-state index contributed by atoms with van der Waals surface area (Å²) in [4.78, 5) is 15.9. The summed E-state index contributed by atoms with van der Waals surface area (Å²) in [7, 11) is 3.80. The second kappa shape index (κ2) is 8.25. The van der Waals surface area contributed by atoms with Crippen LogP contribution in [0.4, 0.5) is 5.69 Å². The molecule has 2 aromatic carbocycles. The molecule has 1 heterocycles. The molecule has 30 heavy (non-hydrogen) atoms. The maximum atomic E-state index is 12.8. The smallest absolute Gasteiger partial charge is 0.272 e. The highest BCUT2D eigenvalue weighted by molar-refractivity contribution is 7.89. The van der Waals surface area contributed by atoms with Gasteiger partial charge in [0, 0.05) is 31.2 Å². The fourth-order valence-electron chi connectivity index (χ4n) is 3.00. The van der Waals surface area contributed by atoms with Crippen LogP contribution in [0.25, 0.3) is 10.9 Å². The van der Waals surface area contributed by atoms with Crippen molar-refractivity contribution in [1.82, 2.24) is 9.29 Å². The summed E-state index contributed by atoms with van der Waals surface area (Å²) in [6, 6.07) is 9.35. The number of aromatic nitrogens is 1. The second-order valence-corrected chi connectivity index (χ2v) is 8.71. The van der Waals surface area contributed by atoms with Gasteiger partial charge in [0.2, 0.25) is 10.0 Å². The fourth-order valence-corrected chi connectivity index (χ4v) is 3.95. The first-order chi connectivity index (χ1) is 14.2. The summed E-state index contributed by atoms with van der Waals surface area (Å²) in [6.45, 7) is 0. The number of anilines is 1. The van der Waals surface area contributed by atoms with Gasteiger partial charge in [-0.15, -0.1) is 0 Å². The Hall–Kier alpha value is -3.24. The van der Waals surface area contributed by atoms with Crippen LogP contribution in [-0.2, 0) is 10.0 Å². The minimum absolute atomic E-state index is 0.0787. The molecule has 160 valence electrons. The van der Waals surface area contributed by atoms with Crippen molar-refractivity contribution in [1.29, 1.82) is 0 Å². The molecule has 0 aliphatic heterocycles. The van der Waals surface area contributed by atoms with Gasteiger partial charge in [0.1, 0.15) is 11.4 Å². The predicted octanol–water partition coefficient (Wildman–Crippen LogP) is 2.70.